The van der Waals surface area contributed by atoms with E-state index in [4.69, 9.17) is 4.74 Å². The van der Waals surface area contributed by atoms with E-state index in [1.54, 1.807) is 16.2 Å². The van der Waals surface area contributed by atoms with Crippen molar-refractivity contribution in [3.05, 3.63) is 46.2 Å². The monoisotopic (exact) mass is 635 g/mol. The van der Waals surface area contributed by atoms with Crippen LogP contribution in [-0.2, 0) is 16.0 Å². The van der Waals surface area contributed by atoms with Crippen LogP contribution in [0.2, 0.25) is 0 Å². The Bertz CT molecular complexity index is 1370. The van der Waals surface area contributed by atoms with E-state index in [0.717, 1.165) is 69.8 Å². The summed E-state index contributed by atoms with van der Waals surface area (Å²) in [6, 6.07) is 4.13. The van der Waals surface area contributed by atoms with Gasteiger partial charge in [-0.05, 0) is 99.8 Å². The number of amides is 1. The number of nitrogens with zero attached hydrogens (tertiary/aromatic N) is 1. The quantitative estimate of drug-likeness (QED) is 0.289. The van der Waals surface area contributed by atoms with Crippen molar-refractivity contribution in [1.82, 2.24) is 4.90 Å². The minimum Gasteiger partial charge on any atom is -0.450 e. The molecule has 0 aromatic carbocycles. The summed E-state index contributed by atoms with van der Waals surface area (Å²) in [6.07, 6.45) is 18.3. The number of aliphatic hydroxyl groups excluding tert-OH is 1. The Labute approximate surface area is 273 Å². The number of Topliss-reactive ketones (excluding diaryl/α,β-unsaturated/α-hetero) is 1. The second-order valence-electron chi connectivity index (χ2n) is 16.0. The second-order valence-corrected chi connectivity index (χ2v) is 17.0. The molecule has 0 aliphatic heterocycles. The van der Waals surface area contributed by atoms with Gasteiger partial charge in [0.25, 0.3) is 0 Å². The molecule has 8 atom stereocenters. The van der Waals surface area contributed by atoms with Crippen molar-refractivity contribution in [2.75, 3.05) is 19.7 Å². The highest BCUT2D eigenvalue weighted by molar-refractivity contribution is 7.09. The number of rotatable bonds is 8. The molecule has 1 heterocycles. The average molecular weight is 636 g/mol. The largest absolute Gasteiger partial charge is 0.450 e. The Kier molecular flexibility index (Phi) is 7.97. The number of ether oxygens (including phenoxy) is 1. The molecule has 6 nitrogen and oxygen atoms in total. The van der Waals surface area contributed by atoms with Crippen molar-refractivity contribution >= 4 is 23.2 Å². The van der Waals surface area contributed by atoms with Crippen LogP contribution in [0.5, 0.6) is 0 Å². The highest BCUT2D eigenvalue weighted by Gasteiger charge is 2.74. The number of ketones is 1. The summed E-state index contributed by atoms with van der Waals surface area (Å²) in [4.78, 5) is 31.0. The first kappa shape index (κ1) is 31.6. The summed E-state index contributed by atoms with van der Waals surface area (Å²) in [6.45, 7) is 7.59. The molecule has 1 aromatic rings. The van der Waals surface area contributed by atoms with Crippen molar-refractivity contribution in [3.8, 4) is 0 Å². The van der Waals surface area contributed by atoms with E-state index in [1.165, 1.54) is 11.3 Å². The van der Waals surface area contributed by atoms with Gasteiger partial charge in [-0.25, -0.2) is 4.79 Å². The Morgan fingerprint density at radius 3 is 2.47 bits per heavy atom. The van der Waals surface area contributed by atoms with E-state index < -0.39 is 16.4 Å². The van der Waals surface area contributed by atoms with E-state index >= 15 is 0 Å². The van der Waals surface area contributed by atoms with Crippen LogP contribution >= 0.6 is 11.3 Å². The summed E-state index contributed by atoms with van der Waals surface area (Å²) < 4.78 is 5.52. The van der Waals surface area contributed by atoms with Gasteiger partial charge in [0, 0.05) is 39.2 Å². The van der Waals surface area contributed by atoms with Crippen molar-refractivity contribution in [2.45, 2.75) is 116 Å². The Hall–Kier alpha value is -1.96. The molecule has 2 spiro atoms. The highest BCUT2D eigenvalue weighted by Crippen LogP contribution is 2.78. The number of hydrogen-bond acceptors (Lipinski definition) is 6. The van der Waals surface area contributed by atoms with Crippen molar-refractivity contribution in [1.29, 1.82) is 0 Å². The highest BCUT2D eigenvalue weighted by atomic mass is 32.1. The van der Waals surface area contributed by atoms with Crippen LogP contribution in [0, 0.1) is 39.4 Å². The first-order valence-corrected chi connectivity index (χ1v) is 18.7. The van der Waals surface area contributed by atoms with Crippen LogP contribution in [-0.4, -0.2) is 58.4 Å². The molecule has 4 fully saturated rings. The van der Waals surface area contributed by atoms with Gasteiger partial charge in [0.2, 0.25) is 0 Å². The summed E-state index contributed by atoms with van der Waals surface area (Å²) in [5.41, 5.74) is -1.28. The smallest absolute Gasteiger partial charge is 0.409 e. The molecule has 8 unspecified atom stereocenters. The maximum absolute atomic E-state index is 14.7. The van der Waals surface area contributed by atoms with E-state index in [9.17, 15) is 19.8 Å². The minimum absolute atomic E-state index is 0.0307. The van der Waals surface area contributed by atoms with Crippen LogP contribution in [0.15, 0.2) is 41.3 Å². The molecule has 2 N–H and O–H groups in total. The maximum atomic E-state index is 14.7. The number of carbonyl (C=O) groups is 2. The SMILES string of the molecule is CCOC(=O)N(CCc1cccs1)CC1(O)CCC2C34C=CC5(C=C3C(=O)C3CCCCC3)CC(O)CCC5(C)C4CCC21C. The molecule has 8 rings (SSSR count). The number of aliphatic hydroxyl groups is 2. The lowest BCUT2D eigenvalue weighted by Crippen LogP contribution is -2.67. The fourth-order valence-electron chi connectivity index (χ4n) is 11.7. The van der Waals surface area contributed by atoms with Gasteiger partial charge >= 0.3 is 6.09 Å². The average Bonchev–Trinajstić information content (AvgIpc) is 3.65. The molecule has 4 saturated carbocycles. The van der Waals surface area contributed by atoms with Gasteiger partial charge in [-0.3, -0.25) is 4.79 Å². The molecule has 0 radical (unpaired) electrons. The fraction of sp³-hybridized carbons (Fsp3) is 0.737. The number of carbonyl (C=O) groups excluding carboxylic acids is 2. The van der Waals surface area contributed by atoms with Crippen LogP contribution < -0.4 is 0 Å². The zero-order chi connectivity index (χ0) is 31.7. The van der Waals surface area contributed by atoms with Gasteiger partial charge in [-0.1, -0.05) is 57.4 Å². The van der Waals surface area contributed by atoms with Gasteiger partial charge in [-0.15, -0.1) is 11.3 Å². The molecular formula is C38H53NO5S. The minimum atomic E-state index is -1.08. The molecule has 45 heavy (non-hydrogen) atoms. The number of thiophene rings is 1. The predicted octanol–water partition coefficient (Wildman–Crippen LogP) is 7.49. The lowest BCUT2D eigenvalue weighted by molar-refractivity contribution is -0.178. The summed E-state index contributed by atoms with van der Waals surface area (Å²) in [5.74, 6) is 0.825. The van der Waals surface area contributed by atoms with E-state index in [0.29, 0.717) is 37.7 Å². The Morgan fingerprint density at radius 2 is 1.73 bits per heavy atom. The van der Waals surface area contributed by atoms with E-state index in [-0.39, 0.29) is 41.4 Å². The molecule has 0 saturated heterocycles. The molecule has 2 bridgehead atoms. The fourth-order valence-corrected chi connectivity index (χ4v) is 12.4. The molecule has 1 aromatic heterocycles. The van der Waals surface area contributed by atoms with E-state index in [2.05, 4.69) is 43.5 Å². The van der Waals surface area contributed by atoms with E-state index in [1.807, 2.05) is 13.0 Å². The lowest BCUT2D eigenvalue weighted by atomic mass is 9.32. The van der Waals surface area contributed by atoms with Gasteiger partial charge in [-0.2, -0.15) is 0 Å². The van der Waals surface area contributed by atoms with Crippen LogP contribution in [0.25, 0.3) is 0 Å². The summed E-state index contributed by atoms with van der Waals surface area (Å²) in [5, 5.41) is 25.8. The summed E-state index contributed by atoms with van der Waals surface area (Å²) in [7, 11) is 0. The van der Waals surface area contributed by atoms with Crippen LogP contribution in [0.3, 0.4) is 0 Å². The van der Waals surface area contributed by atoms with Gasteiger partial charge < -0.3 is 19.8 Å². The summed E-state index contributed by atoms with van der Waals surface area (Å²) >= 11 is 1.69. The number of fused-ring (bicyclic) bond motifs is 1. The number of hydrogen-bond donors (Lipinski definition) is 2. The van der Waals surface area contributed by atoms with Crippen LogP contribution in [0.1, 0.15) is 103 Å². The molecule has 7 aliphatic rings. The molecule has 246 valence electrons. The lowest BCUT2D eigenvalue weighted by Gasteiger charge is -2.71. The molecule has 1 amide bonds. The first-order chi connectivity index (χ1) is 21.5. The zero-order valence-corrected chi connectivity index (χ0v) is 28.4. The normalized spacial score (nSPS) is 42.0. The van der Waals surface area contributed by atoms with Gasteiger partial charge in [0.05, 0.1) is 24.9 Å². The van der Waals surface area contributed by atoms with Crippen molar-refractivity contribution in [3.63, 3.8) is 0 Å². The number of allylic oxidation sites excluding steroid dienone is 4. The van der Waals surface area contributed by atoms with Crippen molar-refractivity contribution in [2.24, 2.45) is 39.4 Å². The maximum Gasteiger partial charge on any atom is 0.409 e. The predicted molar refractivity (Wildman–Crippen MR) is 177 cm³/mol. The van der Waals surface area contributed by atoms with Gasteiger partial charge in [0.15, 0.2) is 5.78 Å². The standard InChI is InChI=1S/C38H53NO5S/c1-4-44-33(42)39(21-15-28-11-8-22-45-28)25-37(43)18-14-31-35(37,3)17-13-30-34(2)16-12-27(40)23-36(34)19-20-38(30,31)29(24-36)32(41)26-9-6-5-7-10-26/h8,11,19-20,22,24,26-27,30-31,40,43H,4-7,9-10,12-18,21,23,25H2,1-3H3. The van der Waals surface area contributed by atoms with Gasteiger partial charge in [0.1, 0.15) is 0 Å². The Morgan fingerprint density at radius 1 is 1.00 bits per heavy atom. The molecule has 7 aliphatic carbocycles. The van der Waals surface area contributed by atoms with Crippen molar-refractivity contribution < 1.29 is 24.5 Å². The Balaban J connectivity index is 1.27. The third-order valence-electron chi connectivity index (χ3n) is 14.1. The topological polar surface area (TPSA) is 87.1 Å². The molecular weight excluding hydrogens is 582 g/mol. The third-order valence-corrected chi connectivity index (χ3v) is 15.1. The second kappa shape index (κ2) is 11.3. The first-order valence-electron chi connectivity index (χ1n) is 17.8. The van der Waals surface area contributed by atoms with Crippen LogP contribution in [0.4, 0.5) is 4.79 Å². The third kappa shape index (κ3) is 4.60. The molecule has 7 heteroatoms. The zero-order valence-electron chi connectivity index (χ0n) is 27.6.